The zero-order valence-corrected chi connectivity index (χ0v) is 22.0. The molecule has 3 N–H and O–H groups in total. The van der Waals surface area contributed by atoms with Crippen molar-refractivity contribution in [3.63, 3.8) is 0 Å². The van der Waals surface area contributed by atoms with Crippen LogP contribution in [0.3, 0.4) is 0 Å². The smallest absolute Gasteiger partial charge is 0.233 e. The van der Waals surface area contributed by atoms with Crippen molar-refractivity contribution in [2.45, 2.75) is 33.4 Å². The molecule has 0 aliphatic rings. The molecule has 3 aromatic heterocycles. The number of pyridine rings is 1. The Balaban J connectivity index is 1.24. The molecule has 3 heterocycles. The van der Waals surface area contributed by atoms with Gasteiger partial charge in [-0.15, -0.1) is 0 Å². The van der Waals surface area contributed by atoms with Crippen molar-refractivity contribution in [2.75, 3.05) is 16.0 Å². The lowest BCUT2D eigenvalue weighted by Gasteiger charge is -2.11. The second-order valence-corrected chi connectivity index (χ2v) is 9.26. The third-order valence-corrected chi connectivity index (χ3v) is 6.68. The van der Waals surface area contributed by atoms with E-state index in [2.05, 4.69) is 89.8 Å². The van der Waals surface area contributed by atoms with Gasteiger partial charge in [0.05, 0.1) is 0 Å². The quantitative estimate of drug-likeness (QED) is 0.190. The van der Waals surface area contributed by atoms with Crippen LogP contribution in [-0.4, -0.2) is 24.5 Å². The first-order valence-corrected chi connectivity index (χ1v) is 13.2. The van der Waals surface area contributed by atoms with Crippen LogP contribution in [0.25, 0.3) is 21.8 Å². The number of benzene rings is 3. The number of aryl methyl sites for hydroxylation is 2. The SMILES string of the molecule is CCc1nc(Nc2ccc3c(c2)c2ccccc2n3CC)nc(Nc2cc(CNc3ccccc3)ccn2)n1. The number of fused-ring (bicyclic) bond motifs is 3. The number of nitrogens with one attached hydrogen (secondary N) is 3. The van der Waals surface area contributed by atoms with E-state index in [0.717, 1.165) is 23.5 Å². The third-order valence-electron chi connectivity index (χ3n) is 6.68. The lowest BCUT2D eigenvalue weighted by Crippen LogP contribution is -2.08. The molecule has 39 heavy (non-hydrogen) atoms. The van der Waals surface area contributed by atoms with E-state index in [-0.39, 0.29) is 0 Å². The summed E-state index contributed by atoms with van der Waals surface area (Å²) in [7, 11) is 0. The normalized spacial score (nSPS) is 11.1. The largest absolute Gasteiger partial charge is 0.381 e. The summed E-state index contributed by atoms with van der Waals surface area (Å²) in [6, 6.07) is 29.0. The molecule has 8 nitrogen and oxygen atoms in total. The maximum Gasteiger partial charge on any atom is 0.233 e. The second-order valence-electron chi connectivity index (χ2n) is 9.26. The maximum atomic E-state index is 4.65. The summed E-state index contributed by atoms with van der Waals surface area (Å²) >= 11 is 0. The predicted molar refractivity (Wildman–Crippen MR) is 159 cm³/mol. The molecule has 0 radical (unpaired) electrons. The molecule has 0 aliphatic heterocycles. The Kier molecular flexibility index (Phi) is 6.74. The van der Waals surface area contributed by atoms with Gasteiger partial charge in [-0.05, 0) is 61.0 Å². The highest BCUT2D eigenvalue weighted by atomic mass is 15.2. The van der Waals surface area contributed by atoms with Crippen LogP contribution in [0.4, 0.5) is 29.1 Å². The Morgan fingerprint density at radius 2 is 1.46 bits per heavy atom. The van der Waals surface area contributed by atoms with Crippen LogP contribution in [0.1, 0.15) is 25.2 Å². The summed E-state index contributed by atoms with van der Waals surface area (Å²) in [5.74, 6) is 2.31. The molecular formula is C31H30N8. The Morgan fingerprint density at radius 3 is 2.28 bits per heavy atom. The number of aromatic nitrogens is 5. The van der Waals surface area contributed by atoms with E-state index in [4.69, 9.17) is 0 Å². The summed E-state index contributed by atoms with van der Waals surface area (Å²) in [6.45, 7) is 5.80. The first-order chi connectivity index (χ1) is 19.2. The first kappa shape index (κ1) is 24.4. The highest BCUT2D eigenvalue weighted by Gasteiger charge is 2.12. The van der Waals surface area contributed by atoms with Crippen LogP contribution in [0.15, 0.2) is 91.1 Å². The van der Waals surface area contributed by atoms with Crippen molar-refractivity contribution in [2.24, 2.45) is 0 Å². The van der Waals surface area contributed by atoms with Gasteiger partial charge in [0.25, 0.3) is 0 Å². The van der Waals surface area contributed by atoms with E-state index < -0.39 is 0 Å². The van der Waals surface area contributed by atoms with E-state index in [1.165, 1.54) is 21.8 Å². The van der Waals surface area contributed by atoms with Crippen LogP contribution in [0.2, 0.25) is 0 Å². The average Bonchev–Trinajstić information content (AvgIpc) is 3.29. The first-order valence-electron chi connectivity index (χ1n) is 13.2. The van der Waals surface area contributed by atoms with E-state index in [9.17, 15) is 0 Å². The van der Waals surface area contributed by atoms with Gasteiger partial charge in [-0.2, -0.15) is 15.0 Å². The zero-order valence-electron chi connectivity index (χ0n) is 22.0. The Labute approximate surface area is 227 Å². The second kappa shape index (κ2) is 10.8. The number of anilines is 5. The summed E-state index contributed by atoms with van der Waals surface area (Å²) in [4.78, 5) is 18.3. The summed E-state index contributed by atoms with van der Waals surface area (Å²) < 4.78 is 2.34. The molecule has 6 rings (SSSR count). The highest BCUT2D eigenvalue weighted by molar-refractivity contribution is 6.09. The number of nitrogens with zero attached hydrogens (tertiary/aromatic N) is 5. The maximum absolute atomic E-state index is 4.65. The van der Waals surface area contributed by atoms with Crippen molar-refractivity contribution in [1.82, 2.24) is 24.5 Å². The van der Waals surface area contributed by atoms with Crippen molar-refractivity contribution in [3.05, 3.63) is 103 Å². The van der Waals surface area contributed by atoms with E-state index in [1.54, 1.807) is 6.20 Å². The lowest BCUT2D eigenvalue weighted by atomic mass is 10.1. The zero-order chi connectivity index (χ0) is 26.6. The van der Waals surface area contributed by atoms with Crippen molar-refractivity contribution >= 4 is 50.9 Å². The topological polar surface area (TPSA) is 92.6 Å². The molecule has 3 aromatic carbocycles. The molecule has 0 saturated heterocycles. The van der Waals surface area contributed by atoms with Crippen molar-refractivity contribution in [1.29, 1.82) is 0 Å². The molecule has 0 bridgehead atoms. The number of rotatable bonds is 9. The van der Waals surface area contributed by atoms with Crippen LogP contribution in [0, 0.1) is 0 Å². The van der Waals surface area contributed by atoms with Gasteiger partial charge in [-0.3, -0.25) is 0 Å². The fourth-order valence-electron chi connectivity index (χ4n) is 4.82. The van der Waals surface area contributed by atoms with Gasteiger partial charge in [-0.1, -0.05) is 43.3 Å². The minimum atomic E-state index is 0.452. The van der Waals surface area contributed by atoms with Gasteiger partial charge in [0.2, 0.25) is 11.9 Å². The van der Waals surface area contributed by atoms with Gasteiger partial charge in [0, 0.05) is 58.9 Å². The summed E-state index contributed by atoms with van der Waals surface area (Å²) in [6.07, 6.45) is 2.47. The van der Waals surface area contributed by atoms with Crippen LogP contribution in [-0.2, 0) is 19.5 Å². The molecular weight excluding hydrogens is 484 g/mol. The minimum Gasteiger partial charge on any atom is -0.381 e. The third kappa shape index (κ3) is 5.22. The Morgan fingerprint density at radius 1 is 0.692 bits per heavy atom. The van der Waals surface area contributed by atoms with E-state index >= 15 is 0 Å². The number of hydrogen-bond donors (Lipinski definition) is 3. The van der Waals surface area contributed by atoms with Crippen LogP contribution < -0.4 is 16.0 Å². The summed E-state index contributed by atoms with van der Waals surface area (Å²) in [5, 5.41) is 12.5. The molecule has 0 fully saturated rings. The molecule has 0 amide bonds. The predicted octanol–water partition coefficient (Wildman–Crippen LogP) is 7.06. The van der Waals surface area contributed by atoms with Gasteiger partial charge >= 0.3 is 0 Å². The molecule has 6 aromatic rings. The molecule has 0 aliphatic carbocycles. The molecule has 8 heteroatoms. The number of hydrogen-bond acceptors (Lipinski definition) is 7. The van der Waals surface area contributed by atoms with Crippen LogP contribution in [0.5, 0.6) is 0 Å². The molecule has 0 atom stereocenters. The van der Waals surface area contributed by atoms with E-state index in [1.807, 2.05) is 49.4 Å². The van der Waals surface area contributed by atoms with Crippen molar-refractivity contribution < 1.29 is 0 Å². The fraction of sp³-hybridized carbons (Fsp3) is 0.161. The lowest BCUT2D eigenvalue weighted by molar-refractivity contribution is 0.827. The Hall–Kier alpha value is -4.98. The highest BCUT2D eigenvalue weighted by Crippen LogP contribution is 2.31. The van der Waals surface area contributed by atoms with Gasteiger partial charge < -0.3 is 20.5 Å². The average molecular weight is 515 g/mol. The van der Waals surface area contributed by atoms with Crippen molar-refractivity contribution in [3.8, 4) is 0 Å². The van der Waals surface area contributed by atoms with Gasteiger partial charge in [0.1, 0.15) is 11.6 Å². The molecule has 194 valence electrons. The van der Waals surface area contributed by atoms with E-state index in [0.29, 0.717) is 36.5 Å². The standard InChI is InChI=1S/C31H30N8/c1-3-28-35-30(34-23-14-15-27-25(19-23)24-12-8-9-13-26(24)39(27)4-2)38-31(36-28)37-29-18-21(16-17-32-29)20-33-22-10-6-5-7-11-22/h5-19,33H,3-4,20H2,1-2H3,(H2,32,34,35,36,37,38). The fourth-order valence-corrected chi connectivity index (χ4v) is 4.82. The minimum absolute atomic E-state index is 0.452. The molecule has 0 saturated carbocycles. The molecule has 0 spiro atoms. The monoisotopic (exact) mass is 514 g/mol. The van der Waals surface area contributed by atoms with Crippen LogP contribution >= 0.6 is 0 Å². The number of para-hydroxylation sites is 2. The van der Waals surface area contributed by atoms with Gasteiger partial charge in [-0.25, -0.2) is 4.98 Å². The van der Waals surface area contributed by atoms with Gasteiger partial charge in [0.15, 0.2) is 0 Å². The molecule has 0 unspecified atom stereocenters. The summed E-state index contributed by atoms with van der Waals surface area (Å²) in [5.41, 5.74) is 5.54. The Bertz CT molecular complexity index is 1740.